The number of benzene rings is 2. The van der Waals surface area contributed by atoms with Crippen molar-refractivity contribution in [3.63, 3.8) is 0 Å². The van der Waals surface area contributed by atoms with Crippen LogP contribution in [0.2, 0.25) is 0 Å². The van der Waals surface area contributed by atoms with Crippen LogP contribution in [0.4, 0.5) is 0 Å². The maximum atomic E-state index is 12.1. The van der Waals surface area contributed by atoms with E-state index in [1.165, 1.54) is 12.4 Å². The molecule has 2 aromatic carbocycles. The van der Waals surface area contributed by atoms with Crippen molar-refractivity contribution in [3.8, 4) is 23.0 Å². The van der Waals surface area contributed by atoms with Crippen molar-refractivity contribution >= 4 is 18.4 Å². The molecule has 0 heterocycles. The third-order valence-corrected chi connectivity index (χ3v) is 3.44. The van der Waals surface area contributed by atoms with E-state index in [9.17, 15) is 10.2 Å². The van der Waals surface area contributed by atoms with E-state index in [2.05, 4.69) is 9.98 Å². The number of hydrogen-bond acceptors (Lipinski definition) is 7. The van der Waals surface area contributed by atoms with Gasteiger partial charge >= 0.3 is 0 Å². The van der Waals surface area contributed by atoms with Gasteiger partial charge in [-0.2, -0.15) is 0 Å². The summed E-state index contributed by atoms with van der Waals surface area (Å²) in [6, 6.07) is 10.2. The monoisotopic (exact) mass is 469 g/mol. The molecule has 0 aliphatic carbocycles. The van der Waals surface area contributed by atoms with E-state index in [0.29, 0.717) is 48.9 Å². The molecule has 2 rings (SSSR count). The van der Waals surface area contributed by atoms with E-state index in [4.69, 9.17) is 19.4 Å². The summed E-state index contributed by atoms with van der Waals surface area (Å²) in [7, 11) is 0. The molecule has 1 radical (unpaired) electrons. The number of para-hydroxylation sites is 2. The van der Waals surface area contributed by atoms with Crippen LogP contribution in [0.25, 0.3) is 0 Å². The molecule has 0 atom stereocenters. The van der Waals surface area contributed by atoms with Gasteiger partial charge in [0.25, 0.3) is 5.97 Å². The second-order valence-electron chi connectivity index (χ2n) is 5.80. The van der Waals surface area contributed by atoms with Crippen molar-refractivity contribution in [1.82, 2.24) is 0 Å². The Balaban J connectivity index is 0.00000165. The Hall–Kier alpha value is -3.03. The number of rotatable bonds is 9. The molecule has 0 amide bonds. The molecule has 8 nitrogen and oxygen atoms in total. The van der Waals surface area contributed by atoms with Crippen molar-refractivity contribution in [2.45, 2.75) is 20.8 Å². The van der Waals surface area contributed by atoms with Crippen LogP contribution in [0.5, 0.6) is 23.0 Å². The van der Waals surface area contributed by atoms with E-state index in [1.807, 2.05) is 13.8 Å². The Bertz CT molecular complexity index is 802. The van der Waals surface area contributed by atoms with Gasteiger partial charge in [-0.1, -0.05) is 35.8 Å². The molecule has 0 aliphatic heterocycles. The molecule has 2 aromatic rings. The minimum atomic E-state index is -0.833. The average Bonchev–Trinajstić information content (AvgIpc) is 2.69. The number of nitrogens with zero attached hydrogens (tertiary/aromatic N) is 2. The third kappa shape index (κ3) is 10.5. The smallest absolute Gasteiger partial charge is 0.300 e. The van der Waals surface area contributed by atoms with Gasteiger partial charge in [0.05, 0.1) is 26.3 Å². The Morgan fingerprint density at radius 3 is 1.58 bits per heavy atom. The quantitative estimate of drug-likeness (QED) is 0.341. The maximum Gasteiger partial charge on any atom is 0.300 e. The Morgan fingerprint density at radius 1 is 0.903 bits per heavy atom. The molecule has 0 aromatic heterocycles. The van der Waals surface area contributed by atoms with Crippen LogP contribution in [0.1, 0.15) is 31.9 Å². The van der Waals surface area contributed by atoms with Gasteiger partial charge in [0.1, 0.15) is 11.5 Å². The molecular formula is C22H26MnN2O6-2. The first-order valence-corrected chi connectivity index (χ1v) is 9.45. The molecule has 0 saturated heterocycles. The largest absolute Gasteiger partial charge is 0.870 e. The van der Waals surface area contributed by atoms with Crippen LogP contribution >= 0.6 is 0 Å². The van der Waals surface area contributed by atoms with Crippen LogP contribution in [-0.2, 0) is 21.9 Å². The molecule has 9 heteroatoms. The Labute approximate surface area is 192 Å². The van der Waals surface area contributed by atoms with Crippen LogP contribution in [-0.4, -0.2) is 49.8 Å². The predicted octanol–water partition coefficient (Wildman–Crippen LogP) is 2.26. The van der Waals surface area contributed by atoms with E-state index in [1.54, 1.807) is 36.4 Å². The van der Waals surface area contributed by atoms with Gasteiger partial charge in [0.15, 0.2) is 0 Å². The van der Waals surface area contributed by atoms with Crippen molar-refractivity contribution in [2.75, 3.05) is 26.3 Å². The normalized spacial score (nSPS) is 10.3. The molecule has 169 valence electrons. The maximum absolute atomic E-state index is 12.1. The average molecular weight is 469 g/mol. The SMILES string of the molecule is CC(=O)O.CCOc1cccc(C=NCCN=Cc2cccc(OCC)c2[O-])c1[O-].[Mn]. The molecule has 1 N–H and O–H groups in total. The summed E-state index contributed by atoms with van der Waals surface area (Å²) in [6.45, 7) is 6.45. The summed E-state index contributed by atoms with van der Waals surface area (Å²) in [5.41, 5.74) is 0.956. The summed E-state index contributed by atoms with van der Waals surface area (Å²) in [5.74, 6) is -0.533. The fourth-order valence-electron chi connectivity index (χ4n) is 2.25. The van der Waals surface area contributed by atoms with Crippen LogP contribution in [0.15, 0.2) is 46.4 Å². The Morgan fingerprint density at radius 2 is 1.26 bits per heavy atom. The van der Waals surface area contributed by atoms with Crippen molar-refractivity contribution in [3.05, 3.63) is 47.5 Å². The molecular weight excluding hydrogens is 443 g/mol. The first-order valence-electron chi connectivity index (χ1n) is 9.45. The number of aliphatic imine (C=N–C) groups is 2. The van der Waals surface area contributed by atoms with Gasteiger partial charge in [-0.25, -0.2) is 0 Å². The van der Waals surface area contributed by atoms with Crippen LogP contribution < -0.4 is 19.7 Å². The second-order valence-corrected chi connectivity index (χ2v) is 5.80. The van der Waals surface area contributed by atoms with Crippen LogP contribution in [0.3, 0.4) is 0 Å². The molecule has 0 saturated carbocycles. The first kappa shape index (κ1) is 28.0. The van der Waals surface area contributed by atoms with Crippen LogP contribution in [0, 0.1) is 0 Å². The summed E-state index contributed by atoms with van der Waals surface area (Å²) in [5, 5.41) is 31.6. The summed E-state index contributed by atoms with van der Waals surface area (Å²) in [6.07, 6.45) is 3.05. The zero-order valence-corrected chi connectivity index (χ0v) is 18.9. The third-order valence-electron chi connectivity index (χ3n) is 3.44. The molecule has 0 aliphatic rings. The van der Waals surface area contributed by atoms with Crippen molar-refractivity contribution < 1.29 is 46.7 Å². The number of aliphatic carboxylic acids is 1. The minimum absolute atomic E-state index is 0. The number of carboxylic acid groups (broad SMARTS) is 1. The second kappa shape index (κ2) is 15.8. The van der Waals surface area contributed by atoms with Crippen molar-refractivity contribution in [1.29, 1.82) is 0 Å². The number of hydrogen-bond donors (Lipinski definition) is 1. The topological polar surface area (TPSA) is 127 Å². The summed E-state index contributed by atoms with van der Waals surface area (Å²) < 4.78 is 10.5. The Kier molecular flexibility index (Phi) is 14.2. The molecule has 31 heavy (non-hydrogen) atoms. The van der Waals surface area contributed by atoms with E-state index >= 15 is 0 Å². The van der Waals surface area contributed by atoms with Gasteiger partial charge in [0, 0.05) is 36.4 Å². The number of carbonyl (C=O) groups is 1. The first-order chi connectivity index (χ1) is 14.4. The summed E-state index contributed by atoms with van der Waals surface area (Å²) in [4.78, 5) is 17.4. The van der Waals surface area contributed by atoms with E-state index < -0.39 is 5.97 Å². The minimum Gasteiger partial charge on any atom is -0.870 e. The standard InChI is InChI=1S/C20H24N2O4.C2H4O2.Mn/c1-3-25-17-9-5-7-15(19(17)23)13-21-11-12-22-14-16-8-6-10-18(20(16)24)26-4-2;1-2(3)4;/h5-10,13-14,23-24H,3-4,11-12H2,1-2H3;1H3,(H,3,4);/p-2. The molecule has 0 bridgehead atoms. The van der Waals surface area contributed by atoms with Gasteiger partial charge in [-0.05, 0) is 37.1 Å². The van der Waals surface area contributed by atoms with Gasteiger partial charge in [0.2, 0.25) is 0 Å². The molecule has 0 spiro atoms. The molecule has 0 unspecified atom stereocenters. The van der Waals surface area contributed by atoms with E-state index in [-0.39, 0.29) is 28.6 Å². The zero-order chi connectivity index (χ0) is 22.4. The number of ether oxygens (including phenoxy) is 2. The fourth-order valence-corrected chi connectivity index (χ4v) is 2.25. The predicted molar refractivity (Wildman–Crippen MR) is 112 cm³/mol. The molecule has 0 fully saturated rings. The van der Waals surface area contributed by atoms with Gasteiger partial charge in [-0.15, -0.1) is 0 Å². The fraction of sp³-hybridized carbons (Fsp3) is 0.318. The van der Waals surface area contributed by atoms with Crippen molar-refractivity contribution in [2.24, 2.45) is 9.98 Å². The summed E-state index contributed by atoms with van der Waals surface area (Å²) >= 11 is 0. The van der Waals surface area contributed by atoms with Gasteiger partial charge in [-0.3, -0.25) is 14.8 Å². The van der Waals surface area contributed by atoms with E-state index in [0.717, 1.165) is 6.92 Å². The van der Waals surface area contributed by atoms with Gasteiger partial charge < -0.3 is 24.8 Å². The zero-order valence-electron chi connectivity index (χ0n) is 17.7. The number of carboxylic acids is 1.